The SMILES string of the molecule is Cn1ncc2cccc(N3CC(Br)CC3=O)c21. The molecule has 88 valence electrons. The van der Waals surface area contributed by atoms with Gasteiger partial charge in [-0.3, -0.25) is 9.48 Å². The number of fused-ring (bicyclic) bond motifs is 1. The number of carbonyl (C=O) groups excluding carboxylic acids is 1. The largest absolute Gasteiger partial charge is 0.309 e. The van der Waals surface area contributed by atoms with Crippen molar-refractivity contribution in [2.45, 2.75) is 11.2 Å². The van der Waals surface area contributed by atoms with Crippen molar-refractivity contribution < 1.29 is 4.79 Å². The van der Waals surface area contributed by atoms with E-state index in [9.17, 15) is 4.79 Å². The smallest absolute Gasteiger partial charge is 0.228 e. The molecule has 1 fully saturated rings. The average Bonchev–Trinajstić information content (AvgIpc) is 2.83. The molecule has 0 saturated carbocycles. The number of aromatic nitrogens is 2. The highest BCUT2D eigenvalue weighted by molar-refractivity contribution is 9.09. The zero-order valence-corrected chi connectivity index (χ0v) is 11.0. The number of benzene rings is 1. The molecular formula is C12H12BrN3O. The third-order valence-electron chi connectivity index (χ3n) is 3.11. The number of aryl methyl sites for hydroxylation is 1. The number of hydrogen-bond donors (Lipinski definition) is 0. The van der Waals surface area contributed by atoms with Crippen molar-refractivity contribution in [2.24, 2.45) is 7.05 Å². The zero-order valence-electron chi connectivity index (χ0n) is 9.43. The Hall–Kier alpha value is -1.36. The van der Waals surface area contributed by atoms with Gasteiger partial charge in [-0.1, -0.05) is 28.1 Å². The first-order valence-electron chi connectivity index (χ1n) is 5.52. The number of rotatable bonds is 1. The number of carbonyl (C=O) groups is 1. The van der Waals surface area contributed by atoms with Gasteiger partial charge in [-0.2, -0.15) is 5.10 Å². The quantitative estimate of drug-likeness (QED) is 0.755. The fourth-order valence-corrected chi connectivity index (χ4v) is 2.89. The van der Waals surface area contributed by atoms with E-state index in [0.29, 0.717) is 6.42 Å². The van der Waals surface area contributed by atoms with Crippen molar-refractivity contribution >= 4 is 38.4 Å². The number of anilines is 1. The summed E-state index contributed by atoms with van der Waals surface area (Å²) in [5.41, 5.74) is 1.97. The van der Waals surface area contributed by atoms with Gasteiger partial charge in [0, 0.05) is 30.2 Å². The third kappa shape index (κ3) is 1.65. The summed E-state index contributed by atoms with van der Waals surface area (Å²) >= 11 is 3.50. The maximum atomic E-state index is 11.9. The van der Waals surface area contributed by atoms with E-state index >= 15 is 0 Å². The summed E-state index contributed by atoms with van der Waals surface area (Å²) in [5, 5.41) is 5.30. The first-order valence-corrected chi connectivity index (χ1v) is 6.43. The van der Waals surface area contributed by atoms with Gasteiger partial charge in [0.05, 0.1) is 17.4 Å². The van der Waals surface area contributed by atoms with E-state index in [4.69, 9.17) is 0 Å². The standard InChI is InChI=1S/C12H12BrN3O/c1-15-12-8(6-14-15)3-2-4-10(12)16-7-9(13)5-11(16)17/h2-4,6,9H,5,7H2,1H3. The molecule has 0 N–H and O–H groups in total. The second kappa shape index (κ2) is 3.84. The highest BCUT2D eigenvalue weighted by Gasteiger charge is 2.30. The van der Waals surface area contributed by atoms with Crippen LogP contribution in [0.2, 0.25) is 0 Å². The third-order valence-corrected chi connectivity index (χ3v) is 3.72. The molecule has 1 aliphatic rings. The molecule has 2 aromatic rings. The fraction of sp³-hybridized carbons (Fsp3) is 0.333. The highest BCUT2D eigenvalue weighted by Crippen LogP contribution is 2.31. The summed E-state index contributed by atoms with van der Waals surface area (Å²) in [5.74, 6) is 0.167. The van der Waals surface area contributed by atoms with E-state index in [0.717, 1.165) is 23.1 Å². The molecular weight excluding hydrogens is 282 g/mol. The maximum absolute atomic E-state index is 11.9. The molecule has 0 aliphatic carbocycles. The lowest BCUT2D eigenvalue weighted by molar-refractivity contribution is -0.117. The molecule has 0 radical (unpaired) electrons. The van der Waals surface area contributed by atoms with Gasteiger partial charge < -0.3 is 4.90 Å². The minimum absolute atomic E-state index is 0.167. The lowest BCUT2D eigenvalue weighted by atomic mass is 10.2. The average molecular weight is 294 g/mol. The topological polar surface area (TPSA) is 38.1 Å². The normalized spacial score (nSPS) is 20.5. The van der Waals surface area contributed by atoms with Crippen molar-refractivity contribution in [3.63, 3.8) is 0 Å². The second-order valence-electron chi connectivity index (χ2n) is 4.29. The Morgan fingerprint density at radius 2 is 2.29 bits per heavy atom. The molecule has 4 nitrogen and oxygen atoms in total. The molecule has 1 unspecified atom stereocenters. The minimum Gasteiger partial charge on any atom is -0.309 e. The molecule has 1 amide bonds. The molecule has 1 saturated heterocycles. The van der Waals surface area contributed by atoms with E-state index in [1.807, 2.05) is 41.0 Å². The Balaban J connectivity index is 2.17. The van der Waals surface area contributed by atoms with Crippen LogP contribution in [0, 0.1) is 0 Å². The van der Waals surface area contributed by atoms with Gasteiger partial charge in [0.15, 0.2) is 0 Å². The van der Waals surface area contributed by atoms with Crippen LogP contribution >= 0.6 is 15.9 Å². The van der Waals surface area contributed by atoms with E-state index < -0.39 is 0 Å². The monoisotopic (exact) mass is 293 g/mol. The van der Waals surface area contributed by atoms with Crippen molar-refractivity contribution in [3.8, 4) is 0 Å². The van der Waals surface area contributed by atoms with Gasteiger partial charge in [-0.15, -0.1) is 0 Å². The predicted molar refractivity (Wildman–Crippen MR) is 70.4 cm³/mol. The molecule has 1 atom stereocenters. The van der Waals surface area contributed by atoms with E-state index in [2.05, 4.69) is 21.0 Å². The van der Waals surface area contributed by atoms with Crippen LogP contribution in [-0.2, 0) is 11.8 Å². The van der Waals surface area contributed by atoms with Crippen molar-refractivity contribution in [3.05, 3.63) is 24.4 Å². The lowest BCUT2D eigenvalue weighted by Crippen LogP contribution is -2.25. The summed E-state index contributed by atoms with van der Waals surface area (Å²) in [6.45, 7) is 0.725. The first kappa shape index (κ1) is 10.8. The molecule has 1 aromatic heterocycles. The van der Waals surface area contributed by atoms with Gasteiger partial charge in [0.25, 0.3) is 0 Å². The van der Waals surface area contributed by atoms with Crippen LogP contribution in [0.3, 0.4) is 0 Å². The number of para-hydroxylation sites is 1. The zero-order chi connectivity index (χ0) is 12.0. The van der Waals surface area contributed by atoms with Crippen LogP contribution in [0.15, 0.2) is 24.4 Å². The second-order valence-corrected chi connectivity index (χ2v) is 5.58. The Bertz CT molecular complexity index is 592. The van der Waals surface area contributed by atoms with Crippen LogP contribution in [0.4, 0.5) is 5.69 Å². The van der Waals surface area contributed by atoms with Crippen LogP contribution < -0.4 is 4.90 Å². The van der Waals surface area contributed by atoms with Crippen LogP contribution in [-0.4, -0.2) is 27.1 Å². The maximum Gasteiger partial charge on any atom is 0.228 e. The van der Waals surface area contributed by atoms with Crippen LogP contribution in [0.1, 0.15) is 6.42 Å². The Kier molecular flexibility index (Phi) is 2.43. The number of halogens is 1. The van der Waals surface area contributed by atoms with Crippen LogP contribution in [0.5, 0.6) is 0 Å². The molecule has 0 spiro atoms. The van der Waals surface area contributed by atoms with Gasteiger partial charge in [0.1, 0.15) is 0 Å². The number of hydrogen-bond acceptors (Lipinski definition) is 2. The predicted octanol–water partition coefficient (Wildman–Crippen LogP) is 2.07. The minimum atomic E-state index is 0.167. The number of amides is 1. The number of nitrogens with zero attached hydrogens (tertiary/aromatic N) is 3. The fourth-order valence-electron chi connectivity index (χ4n) is 2.33. The summed E-state index contributed by atoms with van der Waals surface area (Å²) in [6.07, 6.45) is 2.39. The number of alkyl halides is 1. The Morgan fingerprint density at radius 1 is 1.47 bits per heavy atom. The van der Waals surface area contributed by atoms with E-state index in [1.165, 1.54) is 0 Å². The highest BCUT2D eigenvalue weighted by atomic mass is 79.9. The molecule has 17 heavy (non-hydrogen) atoms. The molecule has 1 aliphatic heterocycles. The van der Waals surface area contributed by atoms with Gasteiger partial charge in [-0.05, 0) is 6.07 Å². The Labute approximate surface area is 107 Å². The molecule has 1 aromatic carbocycles. The van der Waals surface area contributed by atoms with E-state index in [1.54, 1.807) is 0 Å². The van der Waals surface area contributed by atoms with Gasteiger partial charge in [0.2, 0.25) is 5.91 Å². The van der Waals surface area contributed by atoms with Crippen molar-refractivity contribution in [2.75, 3.05) is 11.4 Å². The first-order chi connectivity index (χ1) is 8.16. The lowest BCUT2D eigenvalue weighted by Gasteiger charge is -2.17. The van der Waals surface area contributed by atoms with Crippen LogP contribution in [0.25, 0.3) is 10.9 Å². The summed E-state index contributed by atoms with van der Waals surface area (Å²) < 4.78 is 1.82. The van der Waals surface area contributed by atoms with Crippen molar-refractivity contribution in [1.29, 1.82) is 0 Å². The van der Waals surface area contributed by atoms with Crippen molar-refractivity contribution in [1.82, 2.24) is 9.78 Å². The summed E-state index contributed by atoms with van der Waals surface area (Å²) in [6, 6.07) is 5.96. The van der Waals surface area contributed by atoms with Gasteiger partial charge >= 0.3 is 0 Å². The summed E-state index contributed by atoms with van der Waals surface area (Å²) in [7, 11) is 1.90. The van der Waals surface area contributed by atoms with Gasteiger partial charge in [-0.25, -0.2) is 0 Å². The molecule has 0 bridgehead atoms. The molecule has 2 heterocycles. The summed E-state index contributed by atoms with van der Waals surface area (Å²) in [4.78, 5) is 14.0. The molecule has 5 heteroatoms. The Morgan fingerprint density at radius 3 is 3.00 bits per heavy atom. The van der Waals surface area contributed by atoms with E-state index in [-0.39, 0.29) is 10.7 Å². The molecule has 3 rings (SSSR count).